The lowest BCUT2D eigenvalue weighted by Gasteiger charge is -2.37. The Balaban J connectivity index is 1.38. The van der Waals surface area contributed by atoms with E-state index in [9.17, 15) is 4.79 Å². The average molecular weight is 531 g/mol. The molecule has 1 aliphatic heterocycles. The van der Waals surface area contributed by atoms with Gasteiger partial charge in [0.1, 0.15) is 11.0 Å². The Morgan fingerprint density at radius 3 is 2.49 bits per heavy atom. The summed E-state index contributed by atoms with van der Waals surface area (Å²) in [5.41, 5.74) is 2.75. The fourth-order valence-corrected chi connectivity index (χ4v) is 5.13. The summed E-state index contributed by atoms with van der Waals surface area (Å²) < 4.78 is 0. The molecule has 0 bridgehead atoms. The van der Waals surface area contributed by atoms with Crippen molar-refractivity contribution in [3.63, 3.8) is 0 Å². The van der Waals surface area contributed by atoms with Crippen LogP contribution < -0.4 is 15.1 Å². The highest BCUT2D eigenvalue weighted by Gasteiger charge is 2.21. The van der Waals surface area contributed by atoms with Gasteiger partial charge in [-0.1, -0.05) is 73.1 Å². The molecule has 1 amide bonds. The van der Waals surface area contributed by atoms with Gasteiger partial charge in [-0.15, -0.1) is 0 Å². The van der Waals surface area contributed by atoms with Crippen LogP contribution in [-0.4, -0.2) is 48.6 Å². The zero-order valence-corrected chi connectivity index (χ0v) is 22.2. The molecule has 0 spiro atoms. The van der Waals surface area contributed by atoms with E-state index in [0.29, 0.717) is 34.1 Å². The van der Waals surface area contributed by atoms with Crippen molar-refractivity contribution < 1.29 is 4.79 Å². The SMILES string of the molecule is CC(C)CNC(=O)c1cccc(CSc2nc(Cl)cc(N3CCN(c4ccccc4Cl)CC3)n2)c1. The Morgan fingerprint density at radius 1 is 1.00 bits per heavy atom. The number of piperazine rings is 1. The molecule has 1 aromatic heterocycles. The van der Waals surface area contributed by atoms with Crippen molar-refractivity contribution in [2.45, 2.75) is 24.8 Å². The first-order valence-electron chi connectivity index (χ1n) is 11.7. The molecule has 1 N–H and O–H groups in total. The van der Waals surface area contributed by atoms with E-state index in [-0.39, 0.29) is 5.91 Å². The molecular weight excluding hydrogens is 501 g/mol. The minimum atomic E-state index is -0.0530. The third-order valence-corrected chi connectivity index (χ3v) is 7.12. The van der Waals surface area contributed by atoms with E-state index in [1.54, 1.807) is 0 Å². The first kappa shape index (κ1) is 25.6. The van der Waals surface area contributed by atoms with Crippen LogP contribution in [0.2, 0.25) is 10.2 Å². The number of rotatable bonds is 8. The molecule has 0 aliphatic carbocycles. The van der Waals surface area contributed by atoms with Crippen LogP contribution in [0.15, 0.2) is 59.8 Å². The molecule has 2 aromatic carbocycles. The number of benzene rings is 2. The Hall–Kier alpha value is -2.48. The van der Waals surface area contributed by atoms with Crippen molar-refractivity contribution in [1.82, 2.24) is 15.3 Å². The van der Waals surface area contributed by atoms with Crippen molar-refractivity contribution in [2.24, 2.45) is 5.92 Å². The van der Waals surface area contributed by atoms with E-state index < -0.39 is 0 Å². The van der Waals surface area contributed by atoms with Gasteiger partial charge in [0, 0.05) is 50.1 Å². The van der Waals surface area contributed by atoms with Crippen LogP contribution in [0.25, 0.3) is 0 Å². The van der Waals surface area contributed by atoms with Crippen molar-refractivity contribution >= 4 is 52.4 Å². The number of aromatic nitrogens is 2. The molecule has 0 atom stereocenters. The summed E-state index contributed by atoms with van der Waals surface area (Å²) in [6.07, 6.45) is 0. The van der Waals surface area contributed by atoms with Crippen molar-refractivity contribution in [3.8, 4) is 0 Å². The number of anilines is 2. The molecule has 184 valence electrons. The highest BCUT2D eigenvalue weighted by atomic mass is 35.5. The maximum absolute atomic E-state index is 12.4. The van der Waals surface area contributed by atoms with Crippen molar-refractivity contribution in [3.05, 3.63) is 75.9 Å². The number of carbonyl (C=O) groups excluding carboxylic acids is 1. The Kier molecular flexibility index (Phi) is 8.76. The summed E-state index contributed by atoms with van der Waals surface area (Å²) in [4.78, 5) is 26.1. The monoisotopic (exact) mass is 529 g/mol. The van der Waals surface area contributed by atoms with Crippen LogP contribution in [0.3, 0.4) is 0 Å². The van der Waals surface area contributed by atoms with Crippen LogP contribution in [0.5, 0.6) is 0 Å². The number of halogens is 2. The van der Waals surface area contributed by atoms with Gasteiger partial charge in [-0.25, -0.2) is 9.97 Å². The van der Waals surface area contributed by atoms with Crippen LogP contribution in [-0.2, 0) is 5.75 Å². The van der Waals surface area contributed by atoms with Gasteiger partial charge in [0.25, 0.3) is 5.91 Å². The van der Waals surface area contributed by atoms with Gasteiger partial charge in [0.15, 0.2) is 5.16 Å². The lowest BCUT2D eigenvalue weighted by molar-refractivity contribution is 0.0949. The quantitative estimate of drug-likeness (QED) is 0.226. The summed E-state index contributed by atoms with van der Waals surface area (Å²) in [6.45, 7) is 8.13. The molecular formula is C26H29Cl2N5OS. The molecule has 6 nitrogen and oxygen atoms in total. The lowest BCUT2D eigenvalue weighted by atomic mass is 10.1. The third-order valence-electron chi connectivity index (χ3n) is 5.69. The summed E-state index contributed by atoms with van der Waals surface area (Å²) in [5.74, 6) is 1.83. The van der Waals surface area contributed by atoms with Crippen LogP contribution in [0.1, 0.15) is 29.8 Å². The van der Waals surface area contributed by atoms with E-state index in [0.717, 1.165) is 48.3 Å². The normalized spacial score (nSPS) is 13.9. The molecule has 0 unspecified atom stereocenters. The minimum Gasteiger partial charge on any atom is -0.367 e. The van der Waals surface area contributed by atoms with Gasteiger partial charge in [-0.05, 0) is 35.7 Å². The topological polar surface area (TPSA) is 61.4 Å². The van der Waals surface area contributed by atoms with Gasteiger partial charge in [-0.3, -0.25) is 4.79 Å². The molecule has 0 saturated carbocycles. The first-order chi connectivity index (χ1) is 16.9. The lowest BCUT2D eigenvalue weighted by Crippen LogP contribution is -2.47. The number of para-hydroxylation sites is 1. The standard InChI is InChI=1S/C26H29Cl2N5OS/c1-18(2)16-29-25(34)20-7-5-6-19(14-20)17-35-26-30-23(28)15-24(31-26)33-12-10-32(11-13-33)22-9-4-3-8-21(22)27/h3-9,14-15,18H,10-13,16-17H2,1-2H3,(H,29,34). The number of hydrogen-bond acceptors (Lipinski definition) is 6. The summed E-state index contributed by atoms with van der Waals surface area (Å²) in [5, 5.41) is 4.78. The van der Waals surface area contributed by atoms with E-state index in [4.69, 9.17) is 28.2 Å². The Morgan fingerprint density at radius 2 is 1.74 bits per heavy atom. The average Bonchev–Trinajstić information content (AvgIpc) is 2.86. The fourth-order valence-electron chi connectivity index (χ4n) is 3.85. The summed E-state index contributed by atoms with van der Waals surface area (Å²) in [7, 11) is 0. The summed E-state index contributed by atoms with van der Waals surface area (Å²) >= 11 is 14.2. The van der Waals surface area contributed by atoms with Crippen molar-refractivity contribution in [2.75, 3.05) is 42.5 Å². The molecule has 9 heteroatoms. The highest BCUT2D eigenvalue weighted by Crippen LogP contribution is 2.29. The maximum Gasteiger partial charge on any atom is 0.251 e. The fraction of sp³-hybridized carbons (Fsp3) is 0.346. The predicted molar refractivity (Wildman–Crippen MR) is 146 cm³/mol. The number of thioether (sulfide) groups is 1. The molecule has 2 heterocycles. The van der Waals surface area contributed by atoms with E-state index in [2.05, 4.69) is 40.0 Å². The maximum atomic E-state index is 12.4. The Labute approximate surface area is 221 Å². The molecule has 3 aromatic rings. The second-order valence-electron chi connectivity index (χ2n) is 8.85. The van der Waals surface area contributed by atoms with Crippen LogP contribution in [0.4, 0.5) is 11.5 Å². The van der Waals surface area contributed by atoms with Gasteiger partial charge in [0.2, 0.25) is 0 Å². The zero-order valence-electron chi connectivity index (χ0n) is 19.9. The summed E-state index contributed by atoms with van der Waals surface area (Å²) in [6, 6.07) is 17.4. The number of nitrogens with zero attached hydrogens (tertiary/aromatic N) is 4. The minimum absolute atomic E-state index is 0.0530. The largest absolute Gasteiger partial charge is 0.367 e. The van der Waals surface area contributed by atoms with E-state index >= 15 is 0 Å². The predicted octanol–water partition coefficient (Wildman–Crippen LogP) is 5.79. The van der Waals surface area contributed by atoms with E-state index in [1.165, 1.54) is 11.8 Å². The molecule has 0 radical (unpaired) electrons. The van der Waals surface area contributed by atoms with Gasteiger partial charge in [-0.2, -0.15) is 0 Å². The number of nitrogens with one attached hydrogen (secondary N) is 1. The number of amides is 1. The molecule has 1 saturated heterocycles. The second-order valence-corrected chi connectivity index (χ2v) is 10.6. The van der Waals surface area contributed by atoms with Gasteiger partial charge in [0.05, 0.1) is 10.7 Å². The smallest absolute Gasteiger partial charge is 0.251 e. The first-order valence-corrected chi connectivity index (χ1v) is 13.4. The van der Waals surface area contributed by atoms with Gasteiger partial charge >= 0.3 is 0 Å². The third kappa shape index (κ3) is 7.03. The van der Waals surface area contributed by atoms with Gasteiger partial charge < -0.3 is 15.1 Å². The van der Waals surface area contributed by atoms with Crippen LogP contribution >= 0.6 is 35.0 Å². The van der Waals surface area contributed by atoms with E-state index in [1.807, 2.05) is 48.5 Å². The second kappa shape index (κ2) is 12.0. The number of carbonyl (C=O) groups is 1. The highest BCUT2D eigenvalue weighted by molar-refractivity contribution is 7.98. The molecule has 4 rings (SSSR count). The number of hydrogen-bond donors (Lipinski definition) is 1. The molecule has 1 fully saturated rings. The zero-order chi connectivity index (χ0) is 24.8. The van der Waals surface area contributed by atoms with Crippen molar-refractivity contribution in [1.29, 1.82) is 0 Å². The Bertz CT molecular complexity index is 1170. The van der Waals surface area contributed by atoms with Crippen LogP contribution in [0, 0.1) is 5.92 Å². The molecule has 1 aliphatic rings. The molecule has 35 heavy (non-hydrogen) atoms.